The number of nitrogens with zero attached hydrogens (tertiary/aromatic N) is 4. The van der Waals surface area contributed by atoms with Crippen LogP contribution in [0.3, 0.4) is 0 Å². The molecule has 0 atom stereocenters. The molecule has 0 aliphatic carbocycles. The maximum Gasteiger partial charge on any atom is 0.232 e. The van der Waals surface area contributed by atoms with Gasteiger partial charge in [0, 0.05) is 19.2 Å². The van der Waals surface area contributed by atoms with E-state index in [-0.39, 0.29) is 0 Å². The number of aromatic hydroxyl groups is 1. The Bertz CT molecular complexity index is 1030. The van der Waals surface area contributed by atoms with Gasteiger partial charge in [0.15, 0.2) is 10.9 Å². The van der Waals surface area contributed by atoms with Gasteiger partial charge < -0.3 is 19.2 Å². The fraction of sp³-hybridized carbons (Fsp3) is 0.316. The quantitative estimate of drug-likeness (QED) is 0.653. The zero-order chi connectivity index (χ0) is 19.5. The summed E-state index contributed by atoms with van der Waals surface area (Å²) in [5, 5.41) is 18.8. The van der Waals surface area contributed by atoms with Crippen LogP contribution in [0.1, 0.15) is 11.3 Å². The lowest BCUT2D eigenvalue weighted by molar-refractivity contribution is 0.122. The van der Waals surface area contributed by atoms with Gasteiger partial charge in [0.25, 0.3) is 0 Å². The molecule has 3 aromatic rings. The molecule has 0 spiro atoms. The Labute approximate surface area is 165 Å². The monoisotopic (exact) mass is 400 g/mol. The highest BCUT2D eigenvalue weighted by atomic mass is 32.2. The Morgan fingerprint density at radius 3 is 2.79 bits per heavy atom. The van der Waals surface area contributed by atoms with Crippen molar-refractivity contribution in [2.75, 3.05) is 31.2 Å². The third kappa shape index (κ3) is 3.90. The Balaban J connectivity index is 1.67. The number of hydrogen-bond acceptors (Lipinski definition) is 8. The summed E-state index contributed by atoms with van der Waals surface area (Å²) in [6.07, 6.45) is 1.06. The van der Waals surface area contributed by atoms with Crippen molar-refractivity contribution in [3.8, 4) is 11.4 Å². The summed E-state index contributed by atoms with van der Waals surface area (Å²) in [6.45, 7) is 4.85. The minimum atomic E-state index is -0.462. The third-order valence-corrected chi connectivity index (χ3v) is 5.33. The van der Waals surface area contributed by atoms with Gasteiger partial charge in [0.2, 0.25) is 11.4 Å². The van der Waals surface area contributed by atoms with E-state index in [1.54, 1.807) is 0 Å². The number of morpholine rings is 1. The maximum absolute atomic E-state index is 11.6. The number of benzene rings is 1. The Morgan fingerprint density at radius 2 is 2.04 bits per heavy atom. The van der Waals surface area contributed by atoms with Gasteiger partial charge in [-0.25, -0.2) is 0 Å². The van der Waals surface area contributed by atoms with Crippen LogP contribution in [-0.4, -0.2) is 46.2 Å². The van der Waals surface area contributed by atoms with Crippen LogP contribution in [0.15, 0.2) is 51.0 Å². The first kappa shape index (κ1) is 18.6. The van der Waals surface area contributed by atoms with Gasteiger partial charge in [-0.1, -0.05) is 23.9 Å². The van der Waals surface area contributed by atoms with Crippen molar-refractivity contribution in [3.63, 3.8) is 0 Å². The van der Waals surface area contributed by atoms with E-state index in [0.29, 0.717) is 29.9 Å². The minimum Gasteiger partial charge on any atom is -0.502 e. The second kappa shape index (κ2) is 8.07. The molecule has 1 aliphatic heterocycles. The van der Waals surface area contributed by atoms with Crippen LogP contribution < -0.4 is 10.3 Å². The summed E-state index contributed by atoms with van der Waals surface area (Å²) in [5.41, 5.74) is 1.65. The van der Waals surface area contributed by atoms with Gasteiger partial charge in [-0.05, 0) is 24.6 Å². The van der Waals surface area contributed by atoms with Crippen LogP contribution in [0.4, 0.5) is 5.95 Å². The molecule has 146 valence electrons. The van der Waals surface area contributed by atoms with Crippen molar-refractivity contribution in [1.29, 1.82) is 0 Å². The molecule has 0 radical (unpaired) electrons. The molecule has 0 amide bonds. The predicted molar refractivity (Wildman–Crippen MR) is 105 cm³/mol. The Hall–Kier alpha value is -2.78. The number of hydrogen-bond donors (Lipinski definition) is 1. The SMILES string of the molecule is Cc1cccc(-n2c(SCc3cc(=O)c(O)co3)nnc2N2CCOCC2)c1. The Kier molecular flexibility index (Phi) is 5.36. The molecule has 1 aliphatic rings. The van der Waals surface area contributed by atoms with E-state index in [1.807, 2.05) is 29.7 Å². The van der Waals surface area contributed by atoms with Crippen LogP contribution >= 0.6 is 11.8 Å². The first-order chi connectivity index (χ1) is 13.6. The number of anilines is 1. The molecule has 1 saturated heterocycles. The smallest absolute Gasteiger partial charge is 0.232 e. The zero-order valence-electron chi connectivity index (χ0n) is 15.4. The van der Waals surface area contributed by atoms with E-state index in [0.717, 1.165) is 36.6 Å². The average Bonchev–Trinajstić information content (AvgIpc) is 3.13. The molecule has 9 heteroatoms. The van der Waals surface area contributed by atoms with E-state index in [4.69, 9.17) is 9.15 Å². The van der Waals surface area contributed by atoms with Gasteiger partial charge in [0.05, 0.1) is 24.7 Å². The van der Waals surface area contributed by atoms with Gasteiger partial charge in [-0.15, -0.1) is 10.2 Å². The number of ether oxygens (including phenoxy) is 1. The van der Waals surface area contributed by atoms with E-state index in [1.165, 1.54) is 17.8 Å². The molecule has 1 N–H and O–H groups in total. The number of thioether (sulfide) groups is 1. The molecule has 0 saturated carbocycles. The van der Waals surface area contributed by atoms with Gasteiger partial charge in [-0.2, -0.15) is 0 Å². The lowest BCUT2D eigenvalue weighted by Gasteiger charge is -2.28. The second-order valence-corrected chi connectivity index (χ2v) is 7.38. The zero-order valence-corrected chi connectivity index (χ0v) is 16.2. The topological polar surface area (TPSA) is 93.6 Å². The fourth-order valence-corrected chi connectivity index (χ4v) is 3.81. The summed E-state index contributed by atoms with van der Waals surface area (Å²) >= 11 is 1.42. The Morgan fingerprint density at radius 1 is 1.21 bits per heavy atom. The van der Waals surface area contributed by atoms with Crippen molar-refractivity contribution < 1.29 is 14.3 Å². The van der Waals surface area contributed by atoms with E-state index < -0.39 is 11.2 Å². The van der Waals surface area contributed by atoms with Crippen molar-refractivity contribution in [3.05, 3.63) is 58.1 Å². The minimum absolute atomic E-state index is 0.391. The highest BCUT2D eigenvalue weighted by molar-refractivity contribution is 7.98. The maximum atomic E-state index is 11.6. The van der Waals surface area contributed by atoms with Gasteiger partial charge in [-0.3, -0.25) is 9.36 Å². The first-order valence-corrected chi connectivity index (χ1v) is 9.89. The molecule has 0 unspecified atom stereocenters. The number of rotatable bonds is 5. The molecule has 3 heterocycles. The van der Waals surface area contributed by atoms with Crippen LogP contribution in [0.2, 0.25) is 0 Å². The molecular weight excluding hydrogens is 380 g/mol. The lowest BCUT2D eigenvalue weighted by Crippen LogP contribution is -2.37. The summed E-state index contributed by atoms with van der Waals surface area (Å²) in [5.74, 6) is 1.22. The summed E-state index contributed by atoms with van der Waals surface area (Å²) < 4.78 is 12.8. The highest BCUT2D eigenvalue weighted by Gasteiger charge is 2.22. The average molecular weight is 400 g/mol. The summed E-state index contributed by atoms with van der Waals surface area (Å²) in [4.78, 5) is 13.8. The van der Waals surface area contributed by atoms with Crippen LogP contribution in [-0.2, 0) is 10.5 Å². The van der Waals surface area contributed by atoms with Crippen LogP contribution in [0.25, 0.3) is 5.69 Å². The van der Waals surface area contributed by atoms with Crippen molar-refractivity contribution in [2.24, 2.45) is 0 Å². The van der Waals surface area contributed by atoms with E-state index in [2.05, 4.69) is 21.2 Å². The third-order valence-electron chi connectivity index (χ3n) is 4.38. The number of aromatic nitrogens is 3. The first-order valence-electron chi connectivity index (χ1n) is 8.90. The largest absolute Gasteiger partial charge is 0.502 e. The predicted octanol–water partition coefficient (Wildman–Crippen LogP) is 2.36. The van der Waals surface area contributed by atoms with Crippen molar-refractivity contribution in [2.45, 2.75) is 17.8 Å². The van der Waals surface area contributed by atoms with E-state index >= 15 is 0 Å². The summed E-state index contributed by atoms with van der Waals surface area (Å²) in [6, 6.07) is 9.43. The molecule has 1 aromatic carbocycles. The molecule has 4 rings (SSSR count). The van der Waals surface area contributed by atoms with Crippen molar-refractivity contribution >= 4 is 17.7 Å². The molecule has 1 fully saturated rings. The van der Waals surface area contributed by atoms with Gasteiger partial charge >= 0.3 is 0 Å². The standard InChI is InChI=1S/C19H20N4O4S/c1-13-3-2-4-14(9-13)23-18(22-5-7-26-8-6-22)20-21-19(23)28-12-15-10-16(24)17(25)11-27-15/h2-4,9-11,25H,5-8,12H2,1H3. The molecule has 28 heavy (non-hydrogen) atoms. The normalized spacial score (nSPS) is 14.4. The van der Waals surface area contributed by atoms with Gasteiger partial charge in [0.1, 0.15) is 12.0 Å². The molecule has 2 aromatic heterocycles. The summed E-state index contributed by atoms with van der Waals surface area (Å²) in [7, 11) is 0. The molecule has 8 nitrogen and oxygen atoms in total. The van der Waals surface area contributed by atoms with E-state index in [9.17, 15) is 9.90 Å². The molecular formula is C19H20N4O4S. The lowest BCUT2D eigenvalue weighted by atomic mass is 10.2. The second-order valence-electron chi connectivity index (χ2n) is 6.44. The van der Waals surface area contributed by atoms with Crippen molar-refractivity contribution in [1.82, 2.24) is 14.8 Å². The van der Waals surface area contributed by atoms with Crippen LogP contribution in [0.5, 0.6) is 5.75 Å². The van der Waals surface area contributed by atoms with Crippen LogP contribution in [0, 0.1) is 6.92 Å². The number of aryl methyl sites for hydroxylation is 1. The molecule has 0 bridgehead atoms. The highest BCUT2D eigenvalue weighted by Crippen LogP contribution is 2.29. The fourth-order valence-electron chi connectivity index (χ4n) is 2.97.